The van der Waals surface area contributed by atoms with E-state index in [2.05, 4.69) is 43.0 Å². The van der Waals surface area contributed by atoms with Gasteiger partial charge in [0.15, 0.2) is 0 Å². The van der Waals surface area contributed by atoms with Gasteiger partial charge in [0.25, 0.3) is 0 Å². The fraction of sp³-hybridized carbons (Fsp3) is 0.588. The summed E-state index contributed by atoms with van der Waals surface area (Å²) in [6, 6.07) is 9.11. The zero-order chi connectivity index (χ0) is 14.3. The molecule has 1 fully saturated rings. The molecule has 3 rings (SSSR count). The largest absolute Gasteiger partial charge is 0.481 e. The number of fused-ring (bicyclic) bond motifs is 1. The van der Waals surface area contributed by atoms with Crippen LogP contribution in [-0.2, 0) is 10.2 Å². The fourth-order valence-corrected chi connectivity index (χ4v) is 3.84. The Labute approximate surface area is 120 Å². The predicted octanol–water partition coefficient (Wildman–Crippen LogP) is 3.21. The average molecular weight is 273 g/mol. The molecule has 0 radical (unpaired) electrons. The lowest BCUT2D eigenvalue weighted by Gasteiger charge is -2.40. The van der Waals surface area contributed by atoms with E-state index in [1.54, 1.807) is 0 Å². The second kappa shape index (κ2) is 4.88. The van der Waals surface area contributed by atoms with Crippen LogP contribution in [0.15, 0.2) is 24.3 Å². The highest BCUT2D eigenvalue weighted by atomic mass is 16.4. The highest BCUT2D eigenvalue weighted by molar-refractivity contribution is 5.70. The van der Waals surface area contributed by atoms with E-state index in [-0.39, 0.29) is 11.3 Å². The SMILES string of the molecule is CC1(C)CCC(N2CCC(C(=O)O)C2)c2ccccc21. The van der Waals surface area contributed by atoms with Gasteiger partial charge in [-0.15, -0.1) is 0 Å². The summed E-state index contributed by atoms with van der Waals surface area (Å²) in [6.45, 7) is 6.24. The molecule has 20 heavy (non-hydrogen) atoms. The Morgan fingerprint density at radius 3 is 2.75 bits per heavy atom. The highest BCUT2D eigenvalue weighted by Gasteiger charge is 2.38. The van der Waals surface area contributed by atoms with Crippen molar-refractivity contribution >= 4 is 5.97 Å². The average Bonchev–Trinajstić information content (AvgIpc) is 2.89. The maximum atomic E-state index is 11.2. The molecule has 0 aromatic heterocycles. The third kappa shape index (κ3) is 2.24. The van der Waals surface area contributed by atoms with Crippen molar-refractivity contribution in [1.82, 2.24) is 4.90 Å². The number of nitrogens with zero attached hydrogens (tertiary/aromatic N) is 1. The summed E-state index contributed by atoms with van der Waals surface area (Å²) < 4.78 is 0. The number of aliphatic carboxylic acids is 1. The van der Waals surface area contributed by atoms with Crippen molar-refractivity contribution in [2.24, 2.45) is 5.92 Å². The molecule has 0 spiro atoms. The van der Waals surface area contributed by atoms with E-state index >= 15 is 0 Å². The number of carbonyl (C=O) groups is 1. The molecule has 3 nitrogen and oxygen atoms in total. The van der Waals surface area contributed by atoms with Gasteiger partial charge in [0.1, 0.15) is 0 Å². The Balaban J connectivity index is 1.88. The fourth-order valence-electron chi connectivity index (χ4n) is 3.84. The molecule has 1 heterocycles. The van der Waals surface area contributed by atoms with Crippen LogP contribution in [0, 0.1) is 5.92 Å². The second-order valence-electron chi connectivity index (χ2n) is 6.84. The van der Waals surface area contributed by atoms with Crippen LogP contribution in [0.3, 0.4) is 0 Å². The number of carboxylic acids is 1. The summed E-state index contributed by atoms with van der Waals surface area (Å²) in [4.78, 5) is 13.5. The number of benzene rings is 1. The van der Waals surface area contributed by atoms with Gasteiger partial charge < -0.3 is 5.11 Å². The standard InChI is InChI=1S/C17H23NO2/c1-17(2)9-7-15(13-5-3-4-6-14(13)17)18-10-8-12(11-18)16(19)20/h3-6,12,15H,7-11H2,1-2H3,(H,19,20). The van der Waals surface area contributed by atoms with Crippen molar-refractivity contribution in [3.05, 3.63) is 35.4 Å². The Hall–Kier alpha value is -1.35. The van der Waals surface area contributed by atoms with Crippen LogP contribution in [0.5, 0.6) is 0 Å². The zero-order valence-electron chi connectivity index (χ0n) is 12.3. The minimum atomic E-state index is -0.642. The van der Waals surface area contributed by atoms with Crippen LogP contribution in [0.25, 0.3) is 0 Å². The van der Waals surface area contributed by atoms with Crippen LogP contribution in [0.2, 0.25) is 0 Å². The molecule has 0 saturated carbocycles. The first kappa shape index (κ1) is 13.6. The summed E-state index contributed by atoms with van der Waals surface area (Å²) in [5.41, 5.74) is 3.09. The molecule has 1 saturated heterocycles. The first-order valence-electron chi connectivity index (χ1n) is 7.55. The van der Waals surface area contributed by atoms with E-state index in [0.717, 1.165) is 19.4 Å². The van der Waals surface area contributed by atoms with Crippen LogP contribution >= 0.6 is 0 Å². The molecule has 1 aliphatic carbocycles. The summed E-state index contributed by atoms with van der Waals surface area (Å²) in [7, 11) is 0. The molecule has 1 aromatic rings. The van der Waals surface area contributed by atoms with Crippen molar-refractivity contribution in [1.29, 1.82) is 0 Å². The molecule has 1 aromatic carbocycles. The van der Waals surface area contributed by atoms with E-state index < -0.39 is 5.97 Å². The molecule has 0 bridgehead atoms. The van der Waals surface area contributed by atoms with Crippen molar-refractivity contribution in [3.8, 4) is 0 Å². The first-order chi connectivity index (χ1) is 9.49. The Morgan fingerprint density at radius 2 is 2.05 bits per heavy atom. The molecular formula is C17H23NO2. The summed E-state index contributed by atoms with van der Waals surface area (Å²) >= 11 is 0. The predicted molar refractivity (Wildman–Crippen MR) is 78.8 cm³/mol. The molecule has 3 heteroatoms. The van der Waals surface area contributed by atoms with Gasteiger partial charge in [-0.25, -0.2) is 0 Å². The normalized spacial score (nSPS) is 29.1. The third-order valence-electron chi connectivity index (χ3n) is 5.10. The molecule has 2 aliphatic rings. The molecule has 1 aliphatic heterocycles. The van der Waals surface area contributed by atoms with Crippen LogP contribution in [0.4, 0.5) is 0 Å². The Morgan fingerprint density at radius 1 is 1.30 bits per heavy atom. The molecule has 0 amide bonds. The van der Waals surface area contributed by atoms with Crippen LogP contribution < -0.4 is 0 Å². The van der Waals surface area contributed by atoms with Crippen LogP contribution in [0.1, 0.15) is 50.3 Å². The Kier molecular flexibility index (Phi) is 3.33. The lowest BCUT2D eigenvalue weighted by Crippen LogP contribution is -2.35. The van der Waals surface area contributed by atoms with Gasteiger partial charge in [-0.2, -0.15) is 0 Å². The van der Waals surface area contributed by atoms with E-state index in [1.807, 2.05) is 0 Å². The van der Waals surface area contributed by atoms with Gasteiger partial charge in [0, 0.05) is 12.6 Å². The number of hydrogen-bond acceptors (Lipinski definition) is 2. The quantitative estimate of drug-likeness (QED) is 0.899. The molecule has 2 unspecified atom stereocenters. The topological polar surface area (TPSA) is 40.5 Å². The number of hydrogen-bond donors (Lipinski definition) is 1. The summed E-state index contributed by atoms with van der Waals surface area (Å²) in [5, 5.41) is 9.18. The van der Waals surface area contributed by atoms with Gasteiger partial charge in [0.05, 0.1) is 5.92 Å². The summed E-state index contributed by atoms with van der Waals surface area (Å²) in [5.74, 6) is -0.825. The summed E-state index contributed by atoms with van der Waals surface area (Å²) in [6.07, 6.45) is 3.09. The van der Waals surface area contributed by atoms with E-state index in [1.165, 1.54) is 17.5 Å². The maximum Gasteiger partial charge on any atom is 0.307 e. The Bertz CT molecular complexity index is 523. The monoisotopic (exact) mass is 273 g/mol. The lowest BCUT2D eigenvalue weighted by atomic mass is 9.71. The minimum Gasteiger partial charge on any atom is -0.481 e. The lowest BCUT2D eigenvalue weighted by molar-refractivity contribution is -0.141. The van der Waals surface area contributed by atoms with Crippen LogP contribution in [-0.4, -0.2) is 29.1 Å². The molecular weight excluding hydrogens is 250 g/mol. The smallest absolute Gasteiger partial charge is 0.307 e. The van der Waals surface area contributed by atoms with Gasteiger partial charge >= 0.3 is 5.97 Å². The highest BCUT2D eigenvalue weighted by Crippen LogP contribution is 2.44. The van der Waals surface area contributed by atoms with Gasteiger partial charge in [0.2, 0.25) is 0 Å². The molecule has 2 atom stereocenters. The van der Waals surface area contributed by atoms with Gasteiger partial charge in [-0.3, -0.25) is 9.69 Å². The van der Waals surface area contributed by atoms with Gasteiger partial charge in [-0.1, -0.05) is 38.1 Å². The van der Waals surface area contributed by atoms with Crippen molar-refractivity contribution in [2.75, 3.05) is 13.1 Å². The zero-order valence-corrected chi connectivity index (χ0v) is 12.3. The molecule has 108 valence electrons. The van der Waals surface area contributed by atoms with E-state index in [0.29, 0.717) is 12.6 Å². The maximum absolute atomic E-state index is 11.2. The third-order valence-corrected chi connectivity index (χ3v) is 5.10. The van der Waals surface area contributed by atoms with Crippen molar-refractivity contribution in [2.45, 2.75) is 44.6 Å². The minimum absolute atomic E-state index is 0.183. The second-order valence-corrected chi connectivity index (χ2v) is 6.84. The van der Waals surface area contributed by atoms with E-state index in [9.17, 15) is 9.90 Å². The molecule has 1 N–H and O–H groups in total. The number of rotatable bonds is 2. The van der Waals surface area contributed by atoms with E-state index in [4.69, 9.17) is 0 Å². The van der Waals surface area contributed by atoms with Crippen molar-refractivity contribution < 1.29 is 9.90 Å². The van der Waals surface area contributed by atoms with Crippen molar-refractivity contribution in [3.63, 3.8) is 0 Å². The number of likely N-dealkylation sites (tertiary alicyclic amines) is 1. The number of carboxylic acid groups (broad SMARTS) is 1. The first-order valence-corrected chi connectivity index (χ1v) is 7.55. The van der Waals surface area contributed by atoms with Gasteiger partial charge in [-0.05, 0) is 42.3 Å².